The van der Waals surface area contributed by atoms with Gasteiger partial charge in [0.2, 0.25) is 0 Å². The smallest absolute Gasteiger partial charge is 0.270 e. The predicted molar refractivity (Wildman–Crippen MR) is 121 cm³/mol. The molecule has 2 N–H and O–H groups in total. The van der Waals surface area contributed by atoms with E-state index in [1.54, 1.807) is 24.5 Å². The number of fused-ring (bicyclic) bond motifs is 1. The van der Waals surface area contributed by atoms with E-state index in [0.29, 0.717) is 28.7 Å². The molecule has 3 aromatic rings. The maximum atomic E-state index is 12.7. The van der Waals surface area contributed by atoms with Gasteiger partial charge in [-0.05, 0) is 68.6 Å². The number of hydrogen-bond acceptors (Lipinski definition) is 5. The maximum absolute atomic E-state index is 12.7. The summed E-state index contributed by atoms with van der Waals surface area (Å²) in [7, 11) is 0. The van der Waals surface area contributed by atoms with E-state index in [1.165, 1.54) is 12.8 Å². The molecule has 7 heteroatoms. The number of furan rings is 1. The van der Waals surface area contributed by atoms with Crippen molar-refractivity contribution in [2.24, 2.45) is 5.92 Å². The quantitative estimate of drug-likeness (QED) is 0.516. The summed E-state index contributed by atoms with van der Waals surface area (Å²) >= 11 is 5.96. The monoisotopic (exact) mass is 426 g/mol. The Bertz CT molecular complexity index is 1000. The summed E-state index contributed by atoms with van der Waals surface area (Å²) in [5.41, 5.74) is 1.79. The Morgan fingerprint density at radius 2 is 2.13 bits per heavy atom. The van der Waals surface area contributed by atoms with Crippen LogP contribution in [0.2, 0.25) is 5.02 Å². The van der Waals surface area contributed by atoms with Crippen LogP contribution in [0.15, 0.2) is 47.1 Å². The van der Waals surface area contributed by atoms with Crippen LogP contribution in [0.1, 0.15) is 36.7 Å². The number of likely N-dealkylation sites (tertiary alicyclic amines) is 1. The Hall–Kier alpha value is -2.57. The van der Waals surface area contributed by atoms with Gasteiger partial charge in [-0.15, -0.1) is 0 Å². The van der Waals surface area contributed by atoms with Crippen LogP contribution in [0, 0.1) is 5.92 Å². The Morgan fingerprint density at radius 3 is 2.93 bits per heavy atom. The van der Waals surface area contributed by atoms with Crippen molar-refractivity contribution in [2.75, 3.05) is 31.5 Å². The number of amides is 1. The summed E-state index contributed by atoms with van der Waals surface area (Å²) < 4.78 is 5.53. The fourth-order valence-corrected chi connectivity index (χ4v) is 4.06. The first-order valence-corrected chi connectivity index (χ1v) is 10.9. The number of benzene rings is 1. The van der Waals surface area contributed by atoms with E-state index < -0.39 is 0 Å². The van der Waals surface area contributed by atoms with Crippen molar-refractivity contribution in [3.63, 3.8) is 0 Å². The van der Waals surface area contributed by atoms with Gasteiger partial charge in [-0.1, -0.05) is 18.5 Å². The zero-order chi connectivity index (χ0) is 20.9. The average Bonchev–Trinajstić information content (AvgIpc) is 3.22. The zero-order valence-corrected chi connectivity index (χ0v) is 17.9. The number of pyridine rings is 1. The molecule has 0 bridgehead atoms. The van der Waals surface area contributed by atoms with Gasteiger partial charge in [0.05, 0.1) is 11.6 Å². The van der Waals surface area contributed by atoms with Crippen molar-refractivity contribution in [3.05, 3.63) is 53.4 Å². The van der Waals surface area contributed by atoms with E-state index in [2.05, 4.69) is 27.4 Å². The standard InChI is InChI=1S/C23H27ClN4O2/c1-16-4-2-11-28(15-16)12-3-10-25-23(29)20-14-21-19(9-13-30-21)22(27-20)26-18-7-5-17(24)6-8-18/h5-9,13-14,16H,2-4,10-12,15H2,1H3,(H,25,29)(H,26,27)/t16-/m1/s1. The average molecular weight is 427 g/mol. The summed E-state index contributed by atoms with van der Waals surface area (Å²) in [6.07, 6.45) is 5.11. The summed E-state index contributed by atoms with van der Waals surface area (Å²) in [4.78, 5) is 19.7. The lowest BCUT2D eigenvalue weighted by Crippen LogP contribution is -2.36. The van der Waals surface area contributed by atoms with Gasteiger partial charge in [-0.2, -0.15) is 0 Å². The molecule has 1 aromatic carbocycles. The first-order chi connectivity index (χ1) is 14.6. The molecule has 1 amide bonds. The lowest BCUT2D eigenvalue weighted by Gasteiger charge is -2.30. The van der Waals surface area contributed by atoms with Gasteiger partial charge < -0.3 is 20.0 Å². The first-order valence-electron chi connectivity index (χ1n) is 10.5. The number of nitrogens with zero attached hydrogens (tertiary/aromatic N) is 2. The Morgan fingerprint density at radius 1 is 1.30 bits per heavy atom. The lowest BCUT2D eigenvalue weighted by atomic mass is 10.0. The number of carbonyl (C=O) groups is 1. The minimum Gasteiger partial charge on any atom is -0.464 e. The molecule has 1 saturated heterocycles. The molecule has 6 nitrogen and oxygen atoms in total. The molecule has 1 fully saturated rings. The molecule has 1 aliphatic rings. The normalized spacial score (nSPS) is 17.2. The van der Waals surface area contributed by atoms with Crippen molar-refractivity contribution in [1.29, 1.82) is 0 Å². The summed E-state index contributed by atoms with van der Waals surface area (Å²) in [5.74, 6) is 1.15. The molecule has 30 heavy (non-hydrogen) atoms. The van der Waals surface area contributed by atoms with Crippen molar-refractivity contribution in [2.45, 2.75) is 26.2 Å². The molecule has 0 aliphatic carbocycles. The number of anilines is 2. The molecule has 1 atom stereocenters. The maximum Gasteiger partial charge on any atom is 0.270 e. The number of aromatic nitrogens is 1. The highest BCUT2D eigenvalue weighted by atomic mass is 35.5. The third-order valence-corrected chi connectivity index (χ3v) is 5.72. The molecular weight excluding hydrogens is 400 g/mol. The molecule has 0 radical (unpaired) electrons. The number of piperidine rings is 1. The Balaban J connectivity index is 1.39. The third-order valence-electron chi connectivity index (χ3n) is 5.47. The molecule has 0 saturated carbocycles. The van der Waals surface area contributed by atoms with Crippen LogP contribution in [-0.4, -0.2) is 42.0 Å². The van der Waals surface area contributed by atoms with Crippen LogP contribution < -0.4 is 10.6 Å². The van der Waals surface area contributed by atoms with Gasteiger partial charge in [0.1, 0.15) is 17.1 Å². The van der Waals surface area contributed by atoms with Crippen LogP contribution in [0.5, 0.6) is 0 Å². The number of carbonyl (C=O) groups excluding carboxylic acids is 1. The number of nitrogens with one attached hydrogen (secondary N) is 2. The van der Waals surface area contributed by atoms with Crippen molar-refractivity contribution >= 4 is 40.0 Å². The number of halogens is 1. The molecular formula is C23H27ClN4O2. The molecule has 1 aliphatic heterocycles. The Kier molecular flexibility index (Phi) is 6.55. The van der Waals surface area contributed by atoms with Crippen LogP contribution in [0.25, 0.3) is 11.0 Å². The summed E-state index contributed by atoms with van der Waals surface area (Å²) in [6.45, 7) is 6.26. The van der Waals surface area contributed by atoms with E-state index in [4.69, 9.17) is 16.0 Å². The van der Waals surface area contributed by atoms with Gasteiger partial charge in [0, 0.05) is 29.9 Å². The fourth-order valence-electron chi connectivity index (χ4n) is 3.93. The molecule has 0 spiro atoms. The van der Waals surface area contributed by atoms with E-state index >= 15 is 0 Å². The van der Waals surface area contributed by atoms with E-state index in [9.17, 15) is 4.79 Å². The van der Waals surface area contributed by atoms with Crippen molar-refractivity contribution < 1.29 is 9.21 Å². The largest absolute Gasteiger partial charge is 0.464 e. The second-order valence-electron chi connectivity index (χ2n) is 7.98. The van der Waals surface area contributed by atoms with Crippen LogP contribution in [-0.2, 0) is 0 Å². The molecule has 4 rings (SSSR count). The first kappa shape index (κ1) is 20.7. The number of hydrogen-bond donors (Lipinski definition) is 2. The number of rotatable bonds is 7. The SMILES string of the molecule is C[C@@H]1CCCN(CCCNC(=O)c2cc3occc3c(Nc3ccc(Cl)cc3)n2)C1. The molecule has 2 aromatic heterocycles. The van der Waals surface area contributed by atoms with Gasteiger partial charge in [-0.25, -0.2) is 4.98 Å². The minimum atomic E-state index is -0.195. The van der Waals surface area contributed by atoms with E-state index in [-0.39, 0.29) is 5.91 Å². The summed E-state index contributed by atoms with van der Waals surface area (Å²) in [5, 5.41) is 7.72. The Labute approximate surface area is 181 Å². The molecule has 158 valence electrons. The van der Waals surface area contributed by atoms with E-state index in [0.717, 1.165) is 43.0 Å². The molecule has 0 unspecified atom stereocenters. The van der Waals surface area contributed by atoms with Gasteiger partial charge in [0.15, 0.2) is 0 Å². The van der Waals surface area contributed by atoms with E-state index in [1.807, 2.05) is 18.2 Å². The topological polar surface area (TPSA) is 70.4 Å². The van der Waals surface area contributed by atoms with Crippen molar-refractivity contribution in [3.8, 4) is 0 Å². The van der Waals surface area contributed by atoms with Gasteiger partial charge >= 0.3 is 0 Å². The van der Waals surface area contributed by atoms with Crippen molar-refractivity contribution in [1.82, 2.24) is 15.2 Å². The van der Waals surface area contributed by atoms with Gasteiger partial charge in [-0.3, -0.25) is 4.79 Å². The second kappa shape index (κ2) is 9.49. The lowest BCUT2D eigenvalue weighted by molar-refractivity contribution is 0.0945. The third kappa shape index (κ3) is 5.12. The highest BCUT2D eigenvalue weighted by molar-refractivity contribution is 6.30. The predicted octanol–water partition coefficient (Wildman–Crippen LogP) is 5.08. The zero-order valence-electron chi connectivity index (χ0n) is 17.2. The fraction of sp³-hybridized carbons (Fsp3) is 0.391. The highest BCUT2D eigenvalue weighted by Crippen LogP contribution is 2.27. The van der Waals surface area contributed by atoms with Crippen LogP contribution >= 0.6 is 11.6 Å². The minimum absolute atomic E-state index is 0.195. The van der Waals surface area contributed by atoms with Crippen LogP contribution in [0.4, 0.5) is 11.5 Å². The van der Waals surface area contributed by atoms with Gasteiger partial charge in [0.25, 0.3) is 5.91 Å². The summed E-state index contributed by atoms with van der Waals surface area (Å²) in [6, 6.07) is 10.9. The highest BCUT2D eigenvalue weighted by Gasteiger charge is 2.17. The van der Waals surface area contributed by atoms with Crippen LogP contribution in [0.3, 0.4) is 0 Å². The molecule has 3 heterocycles. The second-order valence-corrected chi connectivity index (χ2v) is 8.41.